The fourth-order valence-corrected chi connectivity index (χ4v) is 6.37. The van der Waals surface area contributed by atoms with Gasteiger partial charge < -0.3 is 13.7 Å². The van der Waals surface area contributed by atoms with Crippen molar-refractivity contribution in [2.24, 2.45) is 0 Å². The lowest BCUT2D eigenvalue weighted by molar-refractivity contribution is 0.0882. The number of benzene rings is 1. The number of sulfonamides is 1. The molecule has 0 saturated carbocycles. The minimum atomic E-state index is -4.43. The Labute approximate surface area is 242 Å². The number of nitrogens with zero attached hydrogens (tertiary/aromatic N) is 5. The summed E-state index contributed by atoms with van der Waals surface area (Å²) in [5, 5.41) is 0. The highest BCUT2D eigenvalue weighted by molar-refractivity contribution is 7.92. The summed E-state index contributed by atoms with van der Waals surface area (Å²) in [4.78, 5) is 12.1. The largest absolute Gasteiger partial charge is 0.361 e. The second kappa shape index (κ2) is 11.3. The summed E-state index contributed by atoms with van der Waals surface area (Å²) in [6.07, 6.45) is 7.31. The number of imidazole rings is 2. The summed E-state index contributed by atoms with van der Waals surface area (Å²) in [6.45, 7) is 9.17. The molecule has 0 aliphatic heterocycles. The molecule has 4 heterocycles. The second-order valence-corrected chi connectivity index (χ2v) is 18.3. The average molecular weight is 615 g/mol. The molecule has 5 aromatic rings. The summed E-state index contributed by atoms with van der Waals surface area (Å²) < 4.78 is 81.5. The molecule has 1 aromatic carbocycles. The lowest BCUT2D eigenvalue weighted by Crippen LogP contribution is -2.22. The van der Waals surface area contributed by atoms with Crippen molar-refractivity contribution in [1.29, 1.82) is 0 Å². The maximum absolute atomic E-state index is 15.6. The molecule has 0 aliphatic rings. The molecule has 0 amide bonds. The molecule has 0 aliphatic carbocycles. The minimum absolute atomic E-state index is 0.0202. The minimum Gasteiger partial charge on any atom is -0.361 e. The zero-order valence-corrected chi connectivity index (χ0v) is 25.2. The zero-order chi connectivity index (χ0) is 30.2. The predicted molar refractivity (Wildman–Crippen MR) is 156 cm³/mol. The Morgan fingerprint density at radius 3 is 2.60 bits per heavy atom. The summed E-state index contributed by atoms with van der Waals surface area (Å²) in [5.41, 5.74) is 0.411. The van der Waals surface area contributed by atoms with Crippen LogP contribution >= 0.6 is 0 Å². The molecule has 14 heteroatoms. The van der Waals surface area contributed by atoms with Gasteiger partial charge in [0.1, 0.15) is 35.3 Å². The summed E-state index contributed by atoms with van der Waals surface area (Å²) >= 11 is 0. The van der Waals surface area contributed by atoms with Gasteiger partial charge in [0.05, 0.1) is 28.7 Å². The Morgan fingerprint density at radius 1 is 1.05 bits per heavy atom. The Bertz CT molecular complexity index is 1890. The van der Waals surface area contributed by atoms with Crippen LogP contribution in [-0.4, -0.2) is 47.0 Å². The molecule has 220 valence electrons. The number of ether oxygens (including phenoxy) is 1. The van der Waals surface area contributed by atoms with E-state index in [4.69, 9.17) is 4.74 Å². The number of pyridine rings is 2. The number of fused-ring (bicyclic) bond motifs is 1. The molecule has 0 spiro atoms. The van der Waals surface area contributed by atoms with Crippen LogP contribution in [0.3, 0.4) is 0 Å². The first-order valence-corrected chi connectivity index (χ1v) is 18.2. The van der Waals surface area contributed by atoms with Gasteiger partial charge in [-0.1, -0.05) is 25.7 Å². The Kier molecular flexibility index (Phi) is 7.96. The number of hydrogen-bond donors (Lipinski definition) is 1. The number of aryl methyl sites for hydroxylation is 1. The summed E-state index contributed by atoms with van der Waals surface area (Å²) in [5.74, 6) is -2.32. The van der Waals surface area contributed by atoms with Crippen molar-refractivity contribution in [1.82, 2.24) is 23.9 Å². The van der Waals surface area contributed by atoms with Crippen molar-refractivity contribution in [3.63, 3.8) is 0 Å². The van der Waals surface area contributed by atoms with Gasteiger partial charge in [0.15, 0.2) is 11.6 Å². The van der Waals surface area contributed by atoms with E-state index in [1.54, 1.807) is 22.9 Å². The fraction of sp³-hybridized carbons (Fsp3) is 0.250. The van der Waals surface area contributed by atoms with Crippen LogP contribution in [0.4, 0.5) is 18.9 Å². The fourth-order valence-electron chi connectivity index (χ4n) is 4.35. The first-order valence-electron chi connectivity index (χ1n) is 13.0. The number of nitrogens with one attached hydrogen (secondary N) is 1. The van der Waals surface area contributed by atoms with Crippen molar-refractivity contribution < 1.29 is 26.3 Å². The number of halogens is 3. The van der Waals surface area contributed by atoms with Crippen LogP contribution in [0.5, 0.6) is 0 Å². The SMILES string of the molecule is Cc1ncc(F)cc1S(=O)(=O)Nc1ccc(F)c(-c2ccc3c(-c4nccn4COCC[Si](C)(C)C)ncn3c2)c1F. The normalized spacial score (nSPS) is 12.3. The molecule has 0 bridgehead atoms. The Balaban J connectivity index is 1.44. The standard InChI is InChI=1S/C28H29F3N6O3SSi/c1-18-24(13-20(29)14-33-18)41(38,39)35-22-7-6-21(30)25(26(22)31)19-5-8-23-27(34-16-37(23)15-19)28-32-9-10-36(28)17-40-11-12-42(2,3)4/h5-10,13-16,35H,11-12,17H2,1-4H3. The van der Waals surface area contributed by atoms with Gasteiger partial charge in [-0.3, -0.25) is 9.71 Å². The first kappa shape index (κ1) is 29.5. The van der Waals surface area contributed by atoms with Crippen molar-refractivity contribution in [3.8, 4) is 22.6 Å². The van der Waals surface area contributed by atoms with Gasteiger partial charge in [-0.05, 0) is 37.2 Å². The van der Waals surface area contributed by atoms with E-state index in [1.165, 1.54) is 25.5 Å². The first-order chi connectivity index (χ1) is 19.8. The van der Waals surface area contributed by atoms with Gasteiger partial charge in [0.2, 0.25) is 0 Å². The maximum Gasteiger partial charge on any atom is 0.263 e. The van der Waals surface area contributed by atoms with E-state index in [2.05, 4.69) is 39.3 Å². The summed E-state index contributed by atoms with van der Waals surface area (Å²) in [7, 11) is -5.65. The number of hydrogen-bond acceptors (Lipinski definition) is 6. The van der Waals surface area contributed by atoms with Crippen LogP contribution in [0.1, 0.15) is 5.69 Å². The van der Waals surface area contributed by atoms with E-state index in [-0.39, 0.29) is 11.3 Å². The van der Waals surface area contributed by atoms with E-state index in [0.717, 1.165) is 30.4 Å². The third kappa shape index (κ3) is 6.10. The molecular formula is C28H29F3N6O3SSi. The zero-order valence-electron chi connectivity index (χ0n) is 23.4. The van der Waals surface area contributed by atoms with Crippen molar-refractivity contribution in [3.05, 3.63) is 84.6 Å². The smallest absolute Gasteiger partial charge is 0.263 e. The molecule has 1 N–H and O–H groups in total. The van der Waals surface area contributed by atoms with E-state index in [1.807, 2.05) is 4.57 Å². The van der Waals surface area contributed by atoms with Crippen LogP contribution in [0.15, 0.2) is 66.3 Å². The molecular weight excluding hydrogens is 585 g/mol. The average Bonchev–Trinajstić information content (AvgIpc) is 3.55. The monoisotopic (exact) mass is 614 g/mol. The van der Waals surface area contributed by atoms with E-state index < -0.39 is 51.7 Å². The Hall–Kier alpha value is -4.01. The lowest BCUT2D eigenvalue weighted by atomic mass is 10.0. The van der Waals surface area contributed by atoms with Gasteiger partial charge in [0, 0.05) is 38.8 Å². The molecule has 0 fully saturated rings. The van der Waals surface area contributed by atoms with Crippen LogP contribution < -0.4 is 4.72 Å². The highest BCUT2D eigenvalue weighted by Gasteiger charge is 2.24. The van der Waals surface area contributed by atoms with Crippen molar-refractivity contribution in [2.45, 2.75) is 44.2 Å². The molecule has 0 atom stereocenters. The summed E-state index contributed by atoms with van der Waals surface area (Å²) in [6, 6.07) is 6.90. The highest BCUT2D eigenvalue weighted by Crippen LogP contribution is 2.33. The van der Waals surface area contributed by atoms with Crippen LogP contribution in [0.2, 0.25) is 25.7 Å². The molecule has 9 nitrogen and oxygen atoms in total. The number of aromatic nitrogens is 5. The van der Waals surface area contributed by atoms with Crippen molar-refractivity contribution >= 4 is 29.3 Å². The van der Waals surface area contributed by atoms with Crippen LogP contribution in [0, 0.1) is 24.4 Å². The van der Waals surface area contributed by atoms with Gasteiger partial charge >= 0.3 is 0 Å². The second-order valence-electron chi connectivity index (χ2n) is 11.0. The Morgan fingerprint density at radius 2 is 1.83 bits per heavy atom. The number of rotatable bonds is 10. The predicted octanol–water partition coefficient (Wildman–Crippen LogP) is 6.10. The van der Waals surface area contributed by atoms with E-state index in [0.29, 0.717) is 30.4 Å². The van der Waals surface area contributed by atoms with Gasteiger partial charge in [-0.2, -0.15) is 0 Å². The molecule has 5 rings (SSSR count). The molecule has 0 unspecified atom stereocenters. The van der Waals surface area contributed by atoms with Gasteiger partial charge in [0.25, 0.3) is 10.0 Å². The number of anilines is 1. The topological polar surface area (TPSA) is 103 Å². The molecule has 0 radical (unpaired) electrons. The third-order valence-electron chi connectivity index (χ3n) is 6.61. The maximum atomic E-state index is 15.6. The van der Waals surface area contributed by atoms with Crippen molar-refractivity contribution in [2.75, 3.05) is 11.3 Å². The van der Waals surface area contributed by atoms with Crippen LogP contribution in [-0.2, 0) is 21.5 Å². The third-order valence-corrected chi connectivity index (χ3v) is 9.79. The van der Waals surface area contributed by atoms with Gasteiger partial charge in [-0.25, -0.2) is 31.6 Å². The van der Waals surface area contributed by atoms with Crippen LogP contribution in [0.25, 0.3) is 28.2 Å². The quantitative estimate of drug-likeness (QED) is 0.151. The van der Waals surface area contributed by atoms with Gasteiger partial charge in [-0.15, -0.1) is 0 Å². The molecule has 42 heavy (non-hydrogen) atoms. The molecule has 0 saturated heterocycles. The lowest BCUT2D eigenvalue weighted by Gasteiger charge is -2.16. The van der Waals surface area contributed by atoms with E-state index >= 15 is 4.39 Å². The highest BCUT2D eigenvalue weighted by atomic mass is 32.2. The van der Waals surface area contributed by atoms with E-state index in [9.17, 15) is 17.2 Å². The molecule has 4 aromatic heterocycles.